The normalized spacial score (nSPS) is 11.1. The molecule has 1 aromatic heterocycles. The van der Waals surface area contributed by atoms with E-state index in [1.165, 1.54) is 5.56 Å². The lowest BCUT2D eigenvalue weighted by atomic mass is 10.1. The summed E-state index contributed by atoms with van der Waals surface area (Å²) in [5.74, 6) is 0. The Morgan fingerprint density at radius 1 is 1.06 bits per heavy atom. The second kappa shape index (κ2) is 10.5. The van der Waals surface area contributed by atoms with Gasteiger partial charge in [-0.15, -0.1) is 0 Å². The Hall–Kier alpha value is -2.83. The van der Waals surface area contributed by atoms with E-state index in [0.717, 1.165) is 30.3 Å². The summed E-state index contributed by atoms with van der Waals surface area (Å²) in [6.07, 6.45) is 1.72. The number of urea groups is 1. The smallest absolute Gasteiger partial charge is 0.322 e. The van der Waals surface area contributed by atoms with E-state index in [2.05, 4.69) is 28.2 Å². The number of aromatic amines is 1. The Balaban J connectivity index is 1.84. The fourth-order valence-electron chi connectivity index (χ4n) is 3.41. The minimum absolute atomic E-state index is 0.173. The van der Waals surface area contributed by atoms with E-state index in [4.69, 9.17) is 11.6 Å². The lowest BCUT2D eigenvalue weighted by Crippen LogP contribution is -2.37. The van der Waals surface area contributed by atoms with E-state index in [1.807, 2.05) is 32.3 Å². The summed E-state index contributed by atoms with van der Waals surface area (Å²) in [5, 5.41) is 4.48. The summed E-state index contributed by atoms with van der Waals surface area (Å²) < 4.78 is 0. The highest BCUT2D eigenvalue weighted by molar-refractivity contribution is 6.30. The van der Waals surface area contributed by atoms with Gasteiger partial charge in [0.05, 0.1) is 6.54 Å². The summed E-state index contributed by atoms with van der Waals surface area (Å²) in [6, 6.07) is 14.6. The number of halogens is 1. The van der Waals surface area contributed by atoms with Crippen molar-refractivity contribution < 1.29 is 4.79 Å². The van der Waals surface area contributed by atoms with Crippen LogP contribution in [-0.2, 0) is 13.0 Å². The number of hydrogen-bond donors (Lipinski definition) is 2. The molecule has 0 aliphatic rings. The van der Waals surface area contributed by atoms with Crippen molar-refractivity contribution in [3.8, 4) is 0 Å². The number of H-pyrrole nitrogens is 1. The summed E-state index contributed by atoms with van der Waals surface area (Å²) in [6.45, 7) is 3.71. The molecule has 0 atom stereocenters. The summed E-state index contributed by atoms with van der Waals surface area (Å²) in [7, 11) is 3.99. The maximum Gasteiger partial charge on any atom is 0.322 e. The van der Waals surface area contributed by atoms with E-state index in [0.29, 0.717) is 22.8 Å². The highest BCUT2D eigenvalue weighted by atomic mass is 35.5. The number of nitrogens with zero attached hydrogens (tertiary/aromatic N) is 2. The molecule has 0 aliphatic heterocycles. The first-order valence-corrected chi connectivity index (χ1v) is 10.8. The van der Waals surface area contributed by atoms with Crippen LogP contribution in [0.15, 0.2) is 53.3 Å². The standard InChI is InChI=1S/C24H29ClN4O2/c1-4-17-6-11-22-18(14-17)15-19(23(30)27-22)16-29(13-5-12-28(2)3)24(31)26-21-9-7-20(25)8-10-21/h6-11,14-15H,4-5,12-13,16H2,1-3H3,(H,26,31)(H,27,30). The number of benzene rings is 2. The van der Waals surface area contributed by atoms with Crippen molar-refractivity contribution in [1.29, 1.82) is 0 Å². The molecule has 6 nitrogen and oxygen atoms in total. The van der Waals surface area contributed by atoms with Gasteiger partial charge in [0.25, 0.3) is 5.56 Å². The largest absolute Gasteiger partial charge is 0.322 e. The van der Waals surface area contributed by atoms with Gasteiger partial charge in [-0.05, 0) is 86.9 Å². The molecule has 0 fully saturated rings. The van der Waals surface area contributed by atoms with Crippen LogP contribution in [0.5, 0.6) is 0 Å². The van der Waals surface area contributed by atoms with Crippen molar-refractivity contribution in [3.63, 3.8) is 0 Å². The Morgan fingerprint density at radius 3 is 2.48 bits per heavy atom. The van der Waals surface area contributed by atoms with Gasteiger partial charge in [0, 0.05) is 28.3 Å². The highest BCUT2D eigenvalue weighted by Crippen LogP contribution is 2.17. The molecular formula is C24H29ClN4O2. The van der Waals surface area contributed by atoms with Crippen LogP contribution in [-0.4, -0.2) is 48.0 Å². The number of fused-ring (bicyclic) bond motifs is 1. The zero-order chi connectivity index (χ0) is 22.4. The zero-order valence-electron chi connectivity index (χ0n) is 18.2. The lowest BCUT2D eigenvalue weighted by Gasteiger charge is -2.24. The van der Waals surface area contributed by atoms with Gasteiger partial charge in [0.1, 0.15) is 0 Å². The second-order valence-electron chi connectivity index (χ2n) is 7.91. The molecule has 3 aromatic rings. The van der Waals surface area contributed by atoms with Crippen LogP contribution in [0.4, 0.5) is 10.5 Å². The Morgan fingerprint density at radius 2 is 1.81 bits per heavy atom. The third kappa shape index (κ3) is 6.32. The van der Waals surface area contributed by atoms with Gasteiger partial charge in [0.2, 0.25) is 0 Å². The molecular weight excluding hydrogens is 412 g/mol. The molecule has 31 heavy (non-hydrogen) atoms. The first kappa shape index (κ1) is 22.8. The monoisotopic (exact) mass is 440 g/mol. The number of hydrogen-bond acceptors (Lipinski definition) is 3. The lowest BCUT2D eigenvalue weighted by molar-refractivity contribution is 0.205. The average Bonchev–Trinajstić information content (AvgIpc) is 2.74. The van der Waals surface area contributed by atoms with Crippen LogP contribution >= 0.6 is 11.6 Å². The Bertz CT molecular complexity index is 1090. The first-order valence-electron chi connectivity index (χ1n) is 10.5. The summed E-state index contributed by atoms with van der Waals surface area (Å²) >= 11 is 5.94. The zero-order valence-corrected chi connectivity index (χ0v) is 19.0. The topological polar surface area (TPSA) is 68.4 Å². The number of amides is 2. The van der Waals surface area contributed by atoms with Gasteiger partial charge in [-0.1, -0.05) is 24.6 Å². The van der Waals surface area contributed by atoms with Crippen LogP contribution < -0.4 is 10.9 Å². The van der Waals surface area contributed by atoms with Crippen molar-refractivity contribution in [3.05, 3.63) is 75.0 Å². The first-order chi connectivity index (χ1) is 14.9. The fourth-order valence-corrected chi connectivity index (χ4v) is 3.54. The Labute approximate surface area is 187 Å². The van der Waals surface area contributed by atoms with E-state index >= 15 is 0 Å². The summed E-state index contributed by atoms with van der Waals surface area (Å²) in [5.41, 5.74) is 3.06. The van der Waals surface area contributed by atoms with Gasteiger partial charge < -0.3 is 20.1 Å². The third-order valence-corrected chi connectivity index (χ3v) is 5.42. The number of aromatic nitrogens is 1. The molecule has 3 rings (SSSR count). The van der Waals surface area contributed by atoms with Crippen molar-refractivity contribution in [2.24, 2.45) is 0 Å². The second-order valence-corrected chi connectivity index (χ2v) is 8.35. The number of carbonyl (C=O) groups excluding carboxylic acids is 1. The molecule has 2 N–H and O–H groups in total. The molecule has 0 saturated heterocycles. The molecule has 1 heterocycles. The molecule has 0 bridgehead atoms. The van der Waals surface area contributed by atoms with Crippen molar-refractivity contribution in [2.75, 3.05) is 32.5 Å². The quantitative estimate of drug-likeness (QED) is 0.532. The molecule has 164 valence electrons. The minimum Gasteiger partial charge on any atom is -0.322 e. The van der Waals surface area contributed by atoms with Gasteiger partial charge in [0.15, 0.2) is 0 Å². The molecule has 0 saturated carbocycles. The van der Waals surface area contributed by atoms with E-state index in [1.54, 1.807) is 29.2 Å². The van der Waals surface area contributed by atoms with Crippen molar-refractivity contribution >= 4 is 34.2 Å². The van der Waals surface area contributed by atoms with Gasteiger partial charge in [-0.3, -0.25) is 4.79 Å². The fraction of sp³-hybridized carbons (Fsp3) is 0.333. The van der Waals surface area contributed by atoms with E-state index < -0.39 is 0 Å². The van der Waals surface area contributed by atoms with Crippen LogP contribution in [0.2, 0.25) is 5.02 Å². The number of rotatable bonds is 8. The molecule has 0 spiro atoms. The number of carbonyl (C=O) groups is 1. The van der Waals surface area contributed by atoms with Gasteiger partial charge in [-0.2, -0.15) is 0 Å². The highest BCUT2D eigenvalue weighted by Gasteiger charge is 2.16. The molecule has 2 amide bonds. The number of pyridine rings is 1. The average molecular weight is 441 g/mol. The molecule has 0 aliphatic carbocycles. The van der Waals surface area contributed by atoms with Gasteiger partial charge >= 0.3 is 6.03 Å². The molecule has 7 heteroatoms. The molecule has 2 aromatic carbocycles. The predicted molar refractivity (Wildman–Crippen MR) is 128 cm³/mol. The minimum atomic E-state index is -0.247. The van der Waals surface area contributed by atoms with Crippen molar-refractivity contribution in [1.82, 2.24) is 14.8 Å². The molecule has 0 radical (unpaired) electrons. The summed E-state index contributed by atoms with van der Waals surface area (Å²) in [4.78, 5) is 32.4. The van der Waals surface area contributed by atoms with Gasteiger partial charge in [-0.25, -0.2) is 4.79 Å². The maximum atomic E-state index is 13.0. The third-order valence-electron chi connectivity index (χ3n) is 5.17. The number of nitrogens with one attached hydrogen (secondary N) is 2. The predicted octanol–water partition coefficient (Wildman–Crippen LogP) is 4.73. The van der Waals surface area contributed by atoms with E-state index in [9.17, 15) is 9.59 Å². The van der Waals surface area contributed by atoms with Crippen molar-refractivity contribution in [2.45, 2.75) is 26.3 Å². The van der Waals surface area contributed by atoms with Crippen LogP contribution in [0.1, 0.15) is 24.5 Å². The van der Waals surface area contributed by atoms with Crippen LogP contribution in [0.3, 0.4) is 0 Å². The SMILES string of the molecule is CCc1ccc2[nH]c(=O)c(CN(CCCN(C)C)C(=O)Nc3ccc(Cl)cc3)cc2c1. The maximum absolute atomic E-state index is 13.0. The Kier molecular flexibility index (Phi) is 7.71. The van der Waals surface area contributed by atoms with Crippen LogP contribution in [0, 0.1) is 0 Å². The number of aryl methyl sites for hydroxylation is 1. The van der Waals surface area contributed by atoms with Crippen LogP contribution in [0.25, 0.3) is 10.9 Å². The number of anilines is 1. The van der Waals surface area contributed by atoms with E-state index in [-0.39, 0.29) is 18.1 Å². The molecule has 0 unspecified atom stereocenters.